The van der Waals surface area contributed by atoms with Gasteiger partial charge in [0.05, 0.1) is 6.61 Å². The van der Waals surface area contributed by atoms with Crippen molar-refractivity contribution in [2.24, 2.45) is 0 Å². The second kappa shape index (κ2) is 7.20. The van der Waals surface area contributed by atoms with Crippen LogP contribution < -0.4 is 10.6 Å². The molecule has 1 saturated heterocycles. The third-order valence-electron chi connectivity index (χ3n) is 3.74. The Balaban J connectivity index is 2.01. The Kier molecular flexibility index (Phi) is 5.55. The Morgan fingerprint density at radius 1 is 1.29 bits per heavy atom. The third kappa shape index (κ3) is 3.93. The lowest BCUT2D eigenvalue weighted by molar-refractivity contribution is 0.0677. The topological polar surface area (TPSA) is 80.4 Å². The van der Waals surface area contributed by atoms with E-state index in [2.05, 4.69) is 38.8 Å². The van der Waals surface area contributed by atoms with Crippen molar-refractivity contribution in [2.45, 2.75) is 32.9 Å². The molecule has 0 saturated carbocycles. The van der Waals surface area contributed by atoms with E-state index in [1.165, 1.54) is 0 Å². The van der Waals surface area contributed by atoms with Crippen LogP contribution in [0.15, 0.2) is 0 Å². The number of ether oxygens (including phenoxy) is 1. The van der Waals surface area contributed by atoms with E-state index >= 15 is 0 Å². The van der Waals surface area contributed by atoms with Gasteiger partial charge >= 0.3 is 0 Å². The summed E-state index contributed by atoms with van der Waals surface area (Å²) in [5, 5.41) is 8.03. The minimum Gasteiger partial charge on any atom is -0.381 e. The highest BCUT2D eigenvalue weighted by Gasteiger charge is 2.30. The van der Waals surface area contributed by atoms with Crippen LogP contribution in [0.4, 0.5) is 11.8 Å². The van der Waals surface area contributed by atoms with Crippen LogP contribution in [0.3, 0.4) is 0 Å². The average Bonchev–Trinajstić information content (AvgIpc) is 2.44. The lowest BCUT2D eigenvalue weighted by atomic mass is 10.1. The molecule has 2 heterocycles. The molecule has 21 heavy (non-hydrogen) atoms. The summed E-state index contributed by atoms with van der Waals surface area (Å²) in [7, 11) is 0. The van der Waals surface area contributed by atoms with Gasteiger partial charge in [0.15, 0.2) is 11.0 Å². The molecule has 0 aromatic carbocycles. The Hall–Kier alpha value is -1.18. The van der Waals surface area contributed by atoms with Crippen LogP contribution in [0.2, 0.25) is 5.15 Å². The molecule has 0 amide bonds. The maximum atomic E-state index is 5.77. The molecule has 2 unspecified atom stereocenters. The molecular formula is C13H23ClN6O. The first kappa shape index (κ1) is 16.2. The maximum absolute atomic E-state index is 5.77. The fourth-order valence-corrected chi connectivity index (χ4v) is 2.81. The lowest BCUT2D eigenvalue weighted by Crippen LogP contribution is -2.57. The van der Waals surface area contributed by atoms with Crippen LogP contribution >= 0.6 is 11.6 Å². The fourth-order valence-electron chi connectivity index (χ4n) is 2.73. The highest BCUT2D eigenvalue weighted by molar-refractivity contribution is 6.31. The van der Waals surface area contributed by atoms with Crippen LogP contribution in [0.1, 0.15) is 20.8 Å². The Labute approximate surface area is 130 Å². The molecule has 2 N–H and O–H groups in total. The minimum absolute atomic E-state index is 0.148. The van der Waals surface area contributed by atoms with Gasteiger partial charge in [-0.3, -0.25) is 4.90 Å². The number of nitrogen functional groups attached to an aromatic ring is 1. The molecule has 0 bridgehead atoms. The molecular weight excluding hydrogens is 292 g/mol. The van der Waals surface area contributed by atoms with Crippen molar-refractivity contribution in [2.75, 3.05) is 43.5 Å². The summed E-state index contributed by atoms with van der Waals surface area (Å²) in [6.45, 7) is 10.5. The largest absolute Gasteiger partial charge is 0.381 e. The summed E-state index contributed by atoms with van der Waals surface area (Å²) in [6.07, 6.45) is 0. The van der Waals surface area contributed by atoms with Gasteiger partial charge in [0.2, 0.25) is 5.95 Å². The van der Waals surface area contributed by atoms with Gasteiger partial charge < -0.3 is 15.4 Å². The van der Waals surface area contributed by atoms with Gasteiger partial charge in [-0.1, -0.05) is 11.6 Å². The Morgan fingerprint density at radius 2 is 1.95 bits per heavy atom. The standard InChI is InChI=1S/C13H23ClN6O/c1-4-21-6-5-20-9(2)7-19(8-10(20)3)13-16-12(15)11(14)17-18-13/h9-10H,4-8H2,1-3H3,(H2,15,16,18). The molecule has 1 aromatic heterocycles. The zero-order chi connectivity index (χ0) is 15.4. The lowest BCUT2D eigenvalue weighted by Gasteiger charge is -2.44. The third-order valence-corrected chi connectivity index (χ3v) is 4.01. The SMILES string of the molecule is CCOCCN1C(C)CN(c2nnc(Cl)c(N)n2)CC1C. The summed E-state index contributed by atoms with van der Waals surface area (Å²) in [4.78, 5) is 8.77. The predicted octanol–water partition coefficient (Wildman–Crippen LogP) is 1.04. The van der Waals surface area contributed by atoms with Crippen LogP contribution in [-0.4, -0.2) is 65.0 Å². The first-order valence-corrected chi connectivity index (χ1v) is 7.64. The number of aromatic nitrogens is 3. The Morgan fingerprint density at radius 3 is 2.52 bits per heavy atom. The van der Waals surface area contributed by atoms with Gasteiger partial charge in [-0.15, -0.1) is 10.2 Å². The summed E-state index contributed by atoms with van der Waals surface area (Å²) in [5.41, 5.74) is 5.71. The van der Waals surface area contributed by atoms with Gasteiger partial charge in [-0.25, -0.2) is 0 Å². The molecule has 1 aliphatic heterocycles. The van der Waals surface area contributed by atoms with Gasteiger partial charge in [-0.2, -0.15) is 4.98 Å². The Bertz CT molecular complexity index is 462. The van der Waals surface area contributed by atoms with E-state index in [1.807, 2.05) is 6.92 Å². The molecule has 0 aliphatic carbocycles. The van der Waals surface area contributed by atoms with E-state index in [4.69, 9.17) is 22.1 Å². The van der Waals surface area contributed by atoms with Gasteiger partial charge in [0.25, 0.3) is 0 Å². The smallest absolute Gasteiger partial charge is 0.247 e. The van der Waals surface area contributed by atoms with Gasteiger partial charge in [0.1, 0.15) is 0 Å². The quantitative estimate of drug-likeness (QED) is 0.813. The second-order valence-electron chi connectivity index (χ2n) is 5.33. The van der Waals surface area contributed by atoms with E-state index < -0.39 is 0 Å². The van der Waals surface area contributed by atoms with Crippen LogP contribution in [0, 0.1) is 0 Å². The second-order valence-corrected chi connectivity index (χ2v) is 5.68. The van der Waals surface area contributed by atoms with Crippen molar-refractivity contribution < 1.29 is 4.74 Å². The minimum atomic E-state index is 0.148. The molecule has 2 rings (SSSR count). The number of nitrogens with zero attached hydrogens (tertiary/aromatic N) is 5. The van der Waals surface area contributed by atoms with Crippen LogP contribution in [0.25, 0.3) is 0 Å². The average molecular weight is 315 g/mol. The first-order chi connectivity index (χ1) is 10.0. The number of piperazine rings is 1. The normalized spacial score (nSPS) is 23.5. The van der Waals surface area contributed by atoms with E-state index in [9.17, 15) is 0 Å². The number of anilines is 2. The molecule has 118 valence electrons. The number of halogens is 1. The zero-order valence-corrected chi connectivity index (χ0v) is 13.5. The highest BCUT2D eigenvalue weighted by Crippen LogP contribution is 2.21. The summed E-state index contributed by atoms with van der Waals surface area (Å²) < 4.78 is 5.45. The summed E-state index contributed by atoms with van der Waals surface area (Å²) in [6, 6.07) is 0.768. The molecule has 2 atom stereocenters. The molecule has 1 aromatic rings. The van der Waals surface area contributed by atoms with Gasteiger partial charge in [-0.05, 0) is 20.8 Å². The fraction of sp³-hybridized carbons (Fsp3) is 0.769. The highest BCUT2D eigenvalue weighted by atomic mass is 35.5. The van der Waals surface area contributed by atoms with Gasteiger partial charge in [0, 0.05) is 38.3 Å². The van der Waals surface area contributed by atoms with Crippen molar-refractivity contribution in [1.29, 1.82) is 0 Å². The summed E-state index contributed by atoms with van der Waals surface area (Å²) in [5.74, 6) is 0.765. The molecule has 1 aliphatic rings. The molecule has 8 heteroatoms. The zero-order valence-electron chi connectivity index (χ0n) is 12.8. The van der Waals surface area contributed by atoms with Crippen molar-refractivity contribution in [1.82, 2.24) is 20.1 Å². The molecule has 1 fully saturated rings. The van der Waals surface area contributed by atoms with E-state index in [-0.39, 0.29) is 11.0 Å². The number of hydrogen-bond acceptors (Lipinski definition) is 7. The van der Waals surface area contributed by atoms with E-state index in [1.54, 1.807) is 0 Å². The number of nitrogens with two attached hydrogens (primary N) is 1. The predicted molar refractivity (Wildman–Crippen MR) is 83.6 cm³/mol. The number of hydrogen-bond donors (Lipinski definition) is 1. The van der Waals surface area contributed by atoms with Crippen molar-refractivity contribution in [3.05, 3.63) is 5.15 Å². The first-order valence-electron chi connectivity index (χ1n) is 7.27. The summed E-state index contributed by atoms with van der Waals surface area (Å²) >= 11 is 5.77. The maximum Gasteiger partial charge on any atom is 0.247 e. The van der Waals surface area contributed by atoms with Crippen molar-refractivity contribution in [3.63, 3.8) is 0 Å². The molecule has 7 nitrogen and oxygen atoms in total. The molecule has 0 radical (unpaired) electrons. The van der Waals surface area contributed by atoms with Crippen LogP contribution in [-0.2, 0) is 4.74 Å². The monoisotopic (exact) mass is 314 g/mol. The van der Waals surface area contributed by atoms with Crippen molar-refractivity contribution in [3.8, 4) is 0 Å². The number of rotatable bonds is 5. The molecule has 0 spiro atoms. The van der Waals surface area contributed by atoms with E-state index in [0.29, 0.717) is 18.0 Å². The van der Waals surface area contributed by atoms with E-state index in [0.717, 1.165) is 32.8 Å². The van der Waals surface area contributed by atoms with Crippen LogP contribution in [0.5, 0.6) is 0 Å². The van der Waals surface area contributed by atoms with Crippen molar-refractivity contribution >= 4 is 23.4 Å².